The predicted molar refractivity (Wildman–Crippen MR) is 96.1 cm³/mol. The van der Waals surface area contributed by atoms with Gasteiger partial charge in [-0.05, 0) is 36.8 Å². The lowest BCUT2D eigenvalue weighted by Crippen LogP contribution is -2.31. The number of pyridine rings is 1. The van der Waals surface area contributed by atoms with E-state index >= 15 is 0 Å². The molecule has 0 saturated carbocycles. The van der Waals surface area contributed by atoms with E-state index in [1.807, 2.05) is 13.0 Å². The molecule has 2 aromatic carbocycles. The molecule has 0 saturated heterocycles. The third-order valence-corrected chi connectivity index (χ3v) is 4.23. The Morgan fingerprint density at radius 3 is 2.24 bits per heavy atom. The van der Waals surface area contributed by atoms with Crippen molar-refractivity contribution >= 4 is 5.91 Å². The number of carbonyl (C=O) groups excluding carboxylic acids is 1. The lowest BCUT2D eigenvalue weighted by molar-refractivity contribution is -0.138. The highest BCUT2D eigenvalue weighted by atomic mass is 19.4. The Kier molecular flexibility index (Phi) is 5.63. The second kappa shape index (κ2) is 7.98. The predicted octanol–water partition coefficient (Wildman–Crippen LogP) is 5.21. The van der Waals surface area contributed by atoms with Gasteiger partial charge in [-0.1, -0.05) is 35.9 Å². The number of amides is 1. The van der Waals surface area contributed by atoms with Crippen LogP contribution in [0.4, 0.5) is 22.0 Å². The SMILES string of the molecule is Cc1cccc(C(NC(=O)c2c(F)cc(C(F)(F)F)cc2F)c2ccccn2)c1. The highest BCUT2D eigenvalue weighted by Crippen LogP contribution is 2.32. The van der Waals surface area contributed by atoms with E-state index in [2.05, 4.69) is 10.3 Å². The summed E-state index contributed by atoms with van der Waals surface area (Å²) in [6.45, 7) is 1.83. The van der Waals surface area contributed by atoms with Crippen molar-refractivity contribution in [3.63, 3.8) is 0 Å². The summed E-state index contributed by atoms with van der Waals surface area (Å²) in [6, 6.07) is 11.3. The highest BCUT2D eigenvalue weighted by molar-refractivity contribution is 5.95. The molecule has 1 N–H and O–H groups in total. The molecule has 1 amide bonds. The molecule has 3 nitrogen and oxygen atoms in total. The molecular formula is C21H15F5N2O. The van der Waals surface area contributed by atoms with Crippen LogP contribution < -0.4 is 5.32 Å². The number of halogens is 5. The maximum absolute atomic E-state index is 14.2. The fraction of sp³-hybridized carbons (Fsp3) is 0.143. The Hall–Kier alpha value is -3.29. The van der Waals surface area contributed by atoms with E-state index in [1.54, 1.807) is 36.4 Å². The second-order valence-corrected chi connectivity index (χ2v) is 6.39. The summed E-state index contributed by atoms with van der Waals surface area (Å²) in [6.07, 6.45) is -3.45. The minimum absolute atomic E-state index is 0.0977. The van der Waals surface area contributed by atoms with Crippen LogP contribution in [0.15, 0.2) is 60.8 Å². The van der Waals surface area contributed by atoms with Crippen molar-refractivity contribution in [2.24, 2.45) is 0 Å². The van der Waals surface area contributed by atoms with E-state index in [-0.39, 0.29) is 12.1 Å². The molecule has 1 unspecified atom stereocenters. The minimum Gasteiger partial charge on any atom is -0.339 e. The fourth-order valence-corrected chi connectivity index (χ4v) is 2.88. The number of nitrogens with one attached hydrogen (secondary N) is 1. The van der Waals surface area contributed by atoms with Crippen LogP contribution in [0.3, 0.4) is 0 Å². The molecule has 29 heavy (non-hydrogen) atoms. The number of alkyl halides is 3. The van der Waals surface area contributed by atoms with Crippen LogP contribution >= 0.6 is 0 Å². The molecule has 0 aliphatic heterocycles. The summed E-state index contributed by atoms with van der Waals surface area (Å²) < 4.78 is 66.6. The van der Waals surface area contributed by atoms with Gasteiger partial charge in [-0.2, -0.15) is 13.2 Å². The summed E-state index contributed by atoms with van der Waals surface area (Å²) in [7, 11) is 0. The first kappa shape index (κ1) is 20.4. The van der Waals surface area contributed by atoms with Crippen molar-refractivity contribution < 1.29 is 26.7 Å². The Labute approximate surface area is 163 Å². The number of benzene rings is 2. The summed E-state index contributed by atoms with van der Waals surface area (Å²) in [5.41, 5.74) is -0.718. The highest BCUT2D eigenvalue weighted by Gasteiger charge is 2.34. The maximum atomic E-state index is 14.2. The summed E-state index contributed by atoms with van der Waals surface area (Å²) in [5.74, 6) is -4.39. The Bertz CT molecular complexity index is 1010. The molecule has 0 aliphatic carbocycles. The smallest absolute Gasteiger partial charge is 0.339 e. The topological polar surface area (TPSA) is 42.0 Å². The number of carbonyl (C=O) groups is 1. The first-order valence-corrected chi connectivity index (χ1v) is 8.51. The lowest BCUT2D eigenvalue weighted by Gasteiger charge is -2.20. The summed E-state index contributed by atoms with van der Waals surface area (Å²) in [5, 5.41) is 2.47. The van der Waals surface area contributed by atoms with Gasteiger partial charge >= 0.3 is 6.18 Å². The van der Waals surface area contributed by atoms with Crippen molar-refractivity contribution in [3.8, 4) is 0 Å². The fourth-order valence-electron chi connectivity index (χ4n) is 2.88. The van der Waals surface area contributed by atoms with Gasteiger partial charge in [0.1, 0.15) is 17.2 Å². The number of aryl methyl sites for hydroxylation is 1. The zero-order valence-corrected chi connectivity index (χ0v) is 15.1. The summed E-state index contributed by atoms with van der Waals surface area (Å²) in [4.78, 5) is 16.8. The average molecular weight is 406 g/mol. The maximum Gasteiger partial charge on any atom is 0.416 e. The zero-order chi connectivity index (χ0) is 21.2. The first-order valence-electron chi connectivity index (χ1n) is 8.51. The van der Waals surface area contributed by atoms with Gasteiger partial charge in [0, 0.05) is 6.20 Å². The number of nitrogens with zero attached hydrogens (tertiary/aromatic N) is 1. The van der Waals surface area contributed by atoms with Gasteiger partial charge in [0.2, 0.25) is 0 Å². The van der Waals surface area contributed by atoms with Gasteiger partial charge in [-0.15, -0.1) is 0 Å². The van der Waals surface area contributed by atoms with Crippen molar-refractivity contribution in [1.82, 2.24) is 10.3 Å². The normalized spacial score (nSPS) is 12.5. The van der Waals surface area contributed by atoms with E-state index in [1.165, 1.54) is 6.20 Å². The van der Waals surface area contributed by atoms with Gasteiger partial charge < -0.3 is 5.32 Å². The largest absolute Gasteiger partial charge is 0.416 e. The molecule has 150 valence electrons. The quantitative estimate of drug-likeness (QED) is 0.605. The first-order chi connectivity index (χ1) is 13.7. The molecule has 3 aromatic rings. The van der Waals surface area contributed by atoms with E-state index in [0.29, 0.717) is 11.3 Å². The molecule has 1 aromatic heterocycles. The van der Waals surface area contributed by atoms with Gasteiger partial charge in [0.05, 0.1) is 17.3 Å². The van der Waals surface area contributed by atoms with Crippen LogP contribution in [0.5, 0.6) is 0 Å². The van der Waals surface area contributed by atoms with Crippen molar-refractivity contribution in [2.75, 3.05) is 0 Å². The van der Waals surface area contributed by atoms with Crippen LogP contribution in [0, 0.1) is 18.6 Å². The van der Waals surface area contributed by atoms with Gasteiger partial charge in [0.25, 0.3) is 5.91 Å². The summed E-state index contributed by atoms with van der Waals surface area (Å²) >= 11 is 0. The van der Waals surface area contributed by atoms with Crippen LogP contribution in [-0.2, 0) is 6.18 Å². The third kappa shape index (κ3) is 4.59. The molecule has 0 aliphatic rings. The van der Waals surface area contributed by atoms with Crippen LogP contribution in [-0.4, -0.2) is 10.9 Å². The minimum atomic E-state index is -4.94. The molecule has 8 heteroatoms. The molecule has 3 rings (SSSR count). The van der Waals surface area contributed by atoms with Crippen molar-refractivity contribution in [1.29, 1.82) is 0 Å². The second-order valence-electron chi connectivity index (χ2n) is 6.39. The molecule has 0 radical (unpaired) electrons. The standard InChI is InChI=1S/C21H15F5N2O/c1-12-5-4-6-13(9-12)19(17-7-2-3-8-27-17)28-20(29)18-15(22)10-14(11-16(18)23)21(24,25)26/h2-11,19H,1H3,(H,28,29). The van der Waals surface area contributed by atoms with Gasteiger partial charge in [-0.3, -0.25) is 9.78 Å². The molecule has 0 bridgehead atoms. The van der Waals surface area contributed by atoms with Gasteiger partial charge in [0.15, 0.2) is 0 Å². The molecule has 0 fully saturated rings. The van der Waals surface area contributed by atoms with Crippen molar-refractivity contribution in [2.45, 2.75) is 19.1 Å². The Balaban J connectivity index is 2.00. The Morgan fingerprint density at radius 2 is 1.69 bits per heavy atom. The number of hydrogen-bond acceptors (Lipinski definition) is 2. The number of aromatic nitrogens is 1. The van der Waals surface area contributed by atoms with Crippen LogP contribution in [0.25, 0.3) is 0 Å². The number of rotatable bonds is 4. The Morgan fingerprint density at radius 1 is 1.00 bits per heavy atom. The van der Waals surface area contributed by atoms with E-state index in [0.717, 1.165) is 5.56 Å². The third-order valence-electron chi connectivity index (χ3n) is 4.23. The molecule has 1 atom stereocenters. The van der Waals surface area contributed by atoms with E-state index in [9.17, 15) is 26.7 Å². The van der Waals surface area contributed by atoms with E-state index in [4.69, 9.17) is 0 Å². The molecule has 1 heterocycles. The van der Waals surface area contributed by atoms with E-state index < -0.39 is 40.9 Å². The lowest BCUT2D eigenvalue weighted by atomic mass is 10.00. The number of hydrogen-bond donors (Lipinski definition) is 1. The monoisotopic (exact) mass is 406 g/mol. The van der Waals surface area contributed by atoms with Crippen LogP contribution in [0.2, 0.25) is 0 Å². The molecule has 0 spiro atoms. The van der Waals surface area contributed by atoms with Gasteiger partial charge in [-0.25, -0.2) is 8.78 Å². The zero-order valence-electron chi connectivity index (χ0n) is 15.1. The van der Waals surface area contributed by atoms with Crippen molar-refractivity contribution in [3.05, 3.63) is 100 Å². The average Bonchev–Trinajstić information content (AvgIpc) is 2.65. The molecular weight excluding hydrogens is 391 g/mol. The van der Waals surface area contributed by atoms with Crippen LogP contribution in [0.1, 0.15) is 38.8 Å².